The van der Waals surface area contributed by atoms with Gasteiger partial charge in [-0.15, -0.1) is 0 Å². The number of ether oxygens (including phenoxy) is 1. The van der Waals surface area contributed by atoms with E-state index in [1.807, 2.05) is 6.92 Å². The lowest BCUT2D eigenvalue weighted by atomic mass is 10.2. The molecular formula is C22H23ClN2O5S. The molecule has 0 aliphatic carbocycles. The van der Waals surface area contributed by atoms with Gasteiger partial charge in [0.2, 0.25) is 5.91 Å². The Labute approximate surface area is 186 Å². The number of methoxy groups -OCH3 is 1. The Kier molecular flexibility index (Phi) is 6.92. The molecule has 0 unspecified atom stereocenters. The number of furan rings is 1. The molecule has 31 heavy (non-hydrogen) atoms. The second-order valence-corrected chi connectivity index (χ2v) is 9.19. The maximum atomic E-state index is 13.6. The number of aryl methyl sites for hydroxylation is 2. The summed E-state index contributed by atoms with van der Waals surface area (Å²) in [5, 5.41) is 3.07. The van der Waals surface area contributed by atoms with Crippen LogP contribution >= 0.6 is 11.6 Å². The van der Waals surface area contributed by atoms with Gasteiger partial charge in [0.15, 0.2) is 0 Å². The minimum absolute atomic E-state index is 0.0365. The second-order valence-electron chi connectivity index (χ2n) is 6.96. The number of hydrogen-bond donors (Lipinski definition) is 1. The highest BCUT2D eigenvalue weighted by Crippen LogP contribution is 2.32. The maximum Gasteiger partial charge on any atom is 0.268 e. The highest BCUT2D eigenvalue weighted by atomic mass is 35.5. The SMILES string of the molecule is COc1ccc(C)cc1S(=O)(=O)N(CC(=O)NCc1ccco1)c1ccc(C)c(Cl)c1. The molecule has 0 bridgehead atoms. The molecule has 1 heterocycles. The summed E-state index contributed by atoms with van der Waals surface area (Å²) in [6.07, 6.45) is 1.50. The number of nitrogens with zero attached hydrogens (tertiary/aromatic N) is 1. The number of nitrogens with one attached hydrogen (secondary N) is 1. The molecule has 1 amide bonds. The lowest BCUT2D eigenvalue weighted by Gasteiger charge is -2.25. The summed E-state index contributed by atoms with van der Waals surface area (Å²) in [5.74, 6) is 0.245. The van der Waals surface area contributed by atoms with E-state index in [4.69, 9.17) is 20.8 Å². The Morgan fingerprint density at radius 2 is 1.94 bits per heavy atom. The van der Waals surface area contributed by atoms with E-state index in [9.17, 15) is 13.2 Å². The maximum absolute atomic E-state index is 13.6. The monoisotopic (exact) mass is 462 g/mol. The first-order valence-corrected chi connectivity index (χ1v) is 11.3. The van der Waals surface area contributed by atoms with Crippen LogP contribution in [0.3, 0.4) is 0 Å². The van der Waals surface area contributed by atoms with Crippen LogP contribution in [0.15, 0.2) is 64.1 Å². The van der Waals surface area contributed by atoms with Gasteiger partial charge in [-0.25, -0.2) is 8.42 Å². The Hall–Kier alpha value is -2.97. The van der Waals surface area contributed by atoms with Crippen molar-refractivity contribution in [2.24, 2.45) is 0 Å². The summed E-state index contributed by atoms with van der Waals surface area (Å²) in [4.78, 5) is 12.6. The Balaban J connectivity index is 1.99. The van der Waals surface area contributed by atoms with Gasteiger partial charge in [-0.2, -0.15) is 0 Å². The van der Waals surface area contributed by atoms with Crippen molar-refractivity contribution >= 4 is 33.2 Å². The quantitative estimate of drug-likeness (QED) is 0.545. The van der Waals surface area contributed by atoms with E-state index < -0.39 is 22.5 Å². The first-order valence-electron chi connectivity index (χ1n) is 9.45. The summed E-state index contributed by atoms with van der Waals surface area (Å²) < 4.78 is 38.8. The van der Waals surface area contributed by atoms with Crippen molar-refractivity contribution in [3.8, 4) is 5.75 Å². The molecule has 0 saturated carbocycles. The zero-order chi connectivity index (χ0) is 22.6. The highest BCUT2D eigenvalue weighted by molar-refractivity contribution is 7.93. The van der Waals surface area contributed by atoms with E-state index in [-0.39, 0.29) is 22.9 Å². The first-order chi connectivity index (χ1) is 14.7. The summed E-state index contributed by atoms with van der Waals surface area (Å²) >= 11 is 6.24. The average Bonchev–Trinajstić information content (AvgIpc) is 3.26. The number of rotatable bonds is 8. The van der Waals surface area contributed by atoms with Crippen LogP contribution in [-0.4, -0.2) is 28.0 Å². The third-order valence-corrected chi connectivity index (χ3v) is 6.86. The standard InChI is InChI=1S/C22H23ClN2O5S/c1-15-6-9-20(29-3)21(11-15)31(27,28)25(17-8-7-16(2)19(23)12-17)14-22(26)24-13-18-5-4-10-30-18/h4-12H,13-14H2,1-3H3,(H,24,26). The molecule has 1 N–H and O–H groups in total. The van der Waals surface area contributed by atoms with Crippen molar-refractivity contribution in [1.82, 2.24) is 5.32 Å². The summed E-state index contributed by atoms with van der Waals surface area (Å²) in [6.45, 7) is 3.29. The molecule has 0 radical (unpaired) electrons. The number of carbonyl (C=O) groups is 1. The van der Waals surface area contributed by atoms with E-state index >= 15 is 0 Å². The lowest BCUT2D eigenvalue weighted by Crippen LogP contribution is -2.40. The Bertz CT molecular complexity index is 1180. The number of benzene rings is 2. The minimum Gasteiger partial charge on any atom is -0.495 e. The van der Waals surface area contributed by atoms with E-state index in [0.717, 1.165) is 15.4 Å². The smallest absolute Gasteiger partial charge is 0.268 e. The largest absolute Gasteiger partial charge is 0.495 e. The number of hydrogen-bond acceptors (Lipinski definition) is 5. The molecule has 7 nitrogen and oxygen atoms in total. The minimum atomic E-state index is -4.15. The highest BCUT2D eigenvalue weighted by Gasteiger charge is 2.30. The van der Waals surface area contributed by atoms with Crippen LogP contribution in [0.4, 0.5) is 5.69 Å². The zero-order valence-electron chi connectivity index (χ0n) is 17.4. The topological polar surface area (TPSA) is 88.9 Å². The molecule has 0 aliphatic heterocycles. The molecular weight excluding hydrogens is 440 g/mol. The molecule has 0 aliphatic rings. The van der Waals surface area contributed by atoms with Gasteiger partial charge >= 0.3 is 0 Å². The number of sulfonamides is 1. The Morgan fingerprint density at radius 3 is 2.58 bits per heavy atom. The molecule has 0 atom stereocenters. The van der Waals surface area contributed by atoms with Crippen molar-refractivity contribution in [3.05, 3.63) is 76.7 Å². The van der Waals surface area contributed by atoms with Crippen molar-refractivity contribution in [2.45, 2.75) is 25.3 Å². The van der Waals surface area contributed by atoms with Gasteiger partial charge in [-0.3, -0.25) is 9.10 Å². The number of anilines is 1. The molecule has 1 aromatic heterocycles. The van der Waals surface area contributed by atoms with Crippen molar-refractivity contribution in [2.75, 3.05) is 18.0 Å². The molecule has 9 heteroatoms. The van der Waals surface area contributed by atoms with Crippen LogP contribution in [0.2, 0.25) is 5.02 Å². The van der Waals surface area contributed by atoms with Gasteiger partial charge in [0.05, 0.1) is 25.6 Å². The molecule has 0 saturated heterocycles. The van der Waals surface area contributed by atoms with Crippen LogP contribution in [0.1, 0.15) is 16.9 Å². The molecule has 2 aromatic carbocycles. The van der Waals surface area contributed by atoms with E-state index in [2.05, 4.69) is 5.32 Å². The molecule has 164 valence electrons. The van der Waals surface area contributed by atoms with Gasteiger partial charge in [0.25, 0.3) is 10.0 Å². The molecule has 3 aromatic rings. The molecule has 3 rings (SSSR count). The third kappa shape index (κ3) is 5.21. The van der Waals surface area contributed by atoms with Crippen molar-refractivity contribution < 1.29 is 22.4 Å². The third-order valence-electron chi connectivity index (χ3n) is 4.66. The lowest BCUT2D eigenvalue weighted by molar-refractivity contribution is -0.119. The first kappa shape index (κ1) is 22.7. The van der Waals surface area contributed by atoms with E-state index in [1.54, 1.807) is 43.3 Å². The number of amides is 1. The molecule has 0 fully saturated rings. The average molecular weight is 463 g/mol. The Morgan fingerprint density at radius 1 is 1.16 bits per heavy atom. The second kappa shape index (κ2) is 9.45. The van der Waals surface area contributed by atoms with Crippen molar-refractivity contribution in [1.29, 1.82) is 0 Å². The van der Waals surface area contributed by atoms with Crippen LogP contribution in [0, 0.1) is 13.8 Å². The van der Waals surface area contributed by atoms with Gasteiger partial charge in [0.1, 0.15) is 22.9 Å². The van der Waals surface area contributed by atoms with E-state index in [1.165, 1.54) is 25.5 Å². The fraction of sp³-hybridized carbons (Fsp3) is 0.227. The number of carbonyl (C=O) groups excluding carboxylic acids is 1. The van der Waals surface area contributed by atoms with Gasteiger partial charge in [0, 0.05) is 5.02 Å². The summed E-state index contributed by atoms with van der Waals surface area (Å²) in [5.41, 5.74) is 1.80. The molecule has 0 spiro atoms. The predicted molar refractivity (Wildman–Crippen MR) is 119 cm³/mol. The summed E-state index contributed by atoms with van der Waals surface area (Å²) in [6, 6.07) is 13.1. The summed E-state index contributed by atoms with van der Waals surface area (Å²) in [7, 11) is -2.76. The fourth-order valence-electron chi connectivity index (χ4n) is 2.94. The van der Waals surface area contributed by atoms with Crippen molar-refractivity contribution in [3.63, 3.8) is 0 Å². The van der Waals surface area contributed by atoms with Gasteiger partial charge < -0.3 is 14.5 Å². The zero-order valence-corrected chi connectivity index (χ0v) is 19.0. The van der Waals surface area contributed by atoms with Crippen LogP contribution in [-0.2, 0) is 21.4 Å². The van der Waals surface area contributed by atoms with Crippen LogP contribution in [0.5, 0.6) is 5.75 Å². The van der Waals surface area contributed by atoms with Gasteiger partial charge in [-0.05, 0) is 61.4 Å². The van der Waals surface area contributed by atoms with Crippen LogP contribution in [0.25, 0.3) is 0 Å². The number of halogens is 1. The predicted octanol–water partition coefficient (Wildman–Crippen LogP) is 4.07. The fourth-order valence-corrected chi connectivity index (χ4v) is 4.77. The van der Waals surface area contributed by atoms with Crippen LogP contribution < -0.4 is 14.4 Å². The van der Waals surface area contributed by atoms with Gasteiger partial charge in [-0.1, -0.05) is 23.7 Å². The normalized spacial score (nSPS) is 11.2. The van der Waals surface area contributed by atoms with E-state index in [0.29, 0.717) is 10.8 Å².